The van der Waals surface area contributed by atoms with Gasteiger partial charge in [-0.1, -0.05) is 6.07 Å². The highest BCUT2D eigenvalue weighted by atomic mass is 32.2. The highest BCUT2D eigenvalue weighted by Crippen LogP contribution is 2.34. The van der Waals surface area contributed by atoms with Crippen LogP contribution in [0.25, 0.3) is 0 Å². The number of halogens is 3. The van der Waals surface area contributed by atoms with Crippen molar-refractivity contribution < 1.29 is 21.6 Å². The Hall–Kier alpha value is -1.59. The second-order valence-electron chi connectivity index (χ2n) is 3.85. The van der Waals surface area contributed by atoms with E-state index >= 15 is 0 Å². The van der Waals surface area contributed by atoms with Crippen molar-refractivity contribution >= 4 is 10.0 Å². The summed E-state index contributed by atoms with van der Waals surface area (Å²) in [7, 11) is -2.97. The molecule has 0 N–H and O–H groups in total. The van der Waals surface area contributed by atoms with Gasteiger partial charge in [0.15, 0.2) is 0 Å². The van der Waals surface area contributed by atoms with E-state index in [1.807, 2.05) is 0 Å². The molecule has 0 bridgehead atoms. The van der Waals surface area contributed by atoms with Crippen LogP contribution >= 0.6 is 0 Å². The van der Waals surface area contributed by atoms with Gasteiger partial charge in [-0.3, -0.25) is 0 Å². The molecular weight excluding hydrogens is 281 g/mol. The Morgan fingerprint density at radius 2 is 1.95 bits per heavy atom. The van der Waals surface area contributed by atoms with Gasteiger partial charge in [-0.2, -0.15) is 22.7 Å². The summed E-state index contributed by atoms with van der Waals surface area (Å²) >= 11 is 0. The lowest BCUT2D eigenvalue weighted by Gasteiger charge is -2.18. The number of sulfonamides is 1. The molecular formula is C11H11F3N2O2S. The van der Waals surface area contributed by atoms with Crippen LogP contribution in [-0.4, -0.2) is 26.3 Å². The van der Waals surface area contributed by atoms with Gasteiger partial charge in [0, 0.05) is 7.05 Å². The fourth-order valence-electron chi connectivity index (χ4n) is 1.55. The van der Waals surface area contributed by atoms with E-state index in [1.54, 1.807) is 6.07 Å². The van der Waals surface area contributed by atoms with Gasteiger partial charge in [0.2, 0.25) is 10.0 Å². The normalized spacial score (nSPS) is 12.5. The number of nitriles is 1. The second kappa shape index (κ2) is 5.19. The van der Waals surface area contributed by atoms with Crippen LogP contribution in [0, 0.1) is 18.3 Å². The molecule has 0 fully saturated rings. The first-order valence-corrected chi connectivity index (χ1v) is 6.56. The summed E-state index contributed by atoms with van der Waals surface area (Å²) in [4.78, 5) is -0.444. The van der Waals surface area contributed by atoms with E-state index in [0.717, 1.165) is 32.2 Å². The Bertz CT molecular complexity index is 618. The summed E-state index contributed by atoms with van der Waals surface area (Å²) < 4.78 is 62.9. The molecule has 0 aliphatic rings. The summed E-state index contributed by atoms with van der Waals surface area (Å²) in [5.41, 5.74) is -1.38. The predicted molar refractivity (Wildman–Crippen MR) is 61.6 cm³/mol. The topological polar surface area (TPSA) is 61.2 Å². The number of benzene rings is 1. The number of hydrogen-bond donors (Lipinski definition) is 0. The molecule has 19 heavy (non-hydrogen) atoms. The molecule has 1 aromatic rings. The summed E-state index contributed by atoms with van der Waals surface area (Å²) in [5, 5.41) is 8.46. The molecule has 0 saturated carbocycles. The lowest BCUT2D eigenvalue weighted by Crippen LogP contribution is -2.28. The highest BCUT2D eigenvalue weighted by Gasteiger charge is 2.35. The smallest absolute Gasteiger partial charge is 0.207 e. The monoisotopic (exact) mass is 292 g/mol. The van der Waals surface area contributed by atoms with Crippen LogP contribution in [-0.2, 0) is 16.2 Å². The molecule has 8 heteroatoms. The fourth-order valence-corrected chi connectivity index (χ4v) is 2.86. The third kappa shape index (κ3) is 3.05. The van der Waals surface area contributed by atoms with E-state index in [9.17, 15) is 21.6 Å². The van der Waals surface area contributed by atoms with Crippen LogP contribution in [0.15, 0.2) is 23.1 Å². The zero-order valence-corrected chi connectivity index (χ0v) is 11.0. The molecule has 0 aromatic heterocycles. The van der Waals surface area contributed by atoms with Crippen LogP contribution in [0.1, 0.15) is 11.1 Å². The average molecular weight is 292 g/mol. The number of rotatable bonds is 3. The molecule has 0 heterocycles. The van der Waals surface area contributed by atoms with Crippen LogP contribution in [0.4, 0.5) is 13.2 Å². The molecule has 1 aromatic carbocycles. The van der Waals surface area contributed by atoms with Crippen molar-refractivity contribution in [2.75, 3.05) is 13.6 Å². The quantitative estimate of drug-likeness (QED) is 0.802. The Labute approximate surface area is 109 Å². The Balaban J connectivity index is 3.43. The zero-order chi connectivity index (χ0) is 14.8. The Morgan fingerprint density at radius 3 is 2.42 bits per heavy atom. The maximum absolute atomic E-state index is 12.7. The Kier molecular flexibility index (Phi) is 4.22. The standard InChI is InChI=1S/C11H11F3N2O2S/c1-8-9(11(12,13)14)4-3-5-10(8)19(17,18)16(2)7-6-15/h3-5H,7H2,1-2H3. The first-order valence-electron chi connectivity index (χ1n) is 5.12. The van der Waals surface area contributed by atoms with Crippen molar-refractivity contribution in [1.29, 1.82) is 5.26 Å². The first-order chi connectivity index (χ1) is 8.62. The summed E-state index contributed by atoms with van der Waals surface area (Å²) in [6.07, 6.45) is -4.62. The molecule has 0 amide bonds. The van der Waals surface area contributed by atoms with Gasteiger partial charge in [-0.05, 0) is 24.6 Å². The van der Waals surface area contributed by atoms with Gasteiger partial charge in [-0.25, -0.2) is 8.42 Å². The summed E-state index contributed by atoms with van der Waals surface area (Å²) in [6, 6.07) is 4.57. The van der Waals surface area contributed by atoms with Gasteiger partial charge < -0.3 is 0 Å². The van der Waals surface area contributed by atoms with E-state index in [0.29, 0.717) is 4.31 Å². The minimum absolute atomic E-state index is 0.375. The number of alkyl halides is 3. The molecule has 0 aliphatic carbocycles. The second-order valence-corrected chi connectivity index (χ2v) is 5.86. The van der Waals surface area contributed by atoms with E-state index < -0.39 is 33.2 Å². The molecule has 0 spiro atoms. The van der Waals surface area contributed by atoms with Crippen molar-refractivity contribution in [3.63, 3.8) is 0 Å². The van der Waals surface area contributed by atoms with Gasteiger partial charge in [0.1, 0.15) is 6.54 Å². The molecule has 0 aliphatic heterocycles. The Morgan fingerprint density at radius 1 is 1.37 bits per heavy atom. The third-order valence-electron chi connectivity index (χ3n) is 2.57. The minimum atomic E-state index is -4.62. The maximum Gasteiger partial charge on any atom is 0.416 e. The zero-order valence-electron chi connectivity index (χ0n) is 10.2. The lowest BCUT2D eigenvalue weighted by atomic mass is 10.1. The molecule has 0 radical (unpaired) electrons. The molecule has 0 saturated heterocycles. The molecule has 0 unspecified atom stereocenters. The van der Waals surface area contributed by atoms with Crippen LogP contribution in [0.5, 0.6) is 0 Å². The van der Waals surface area contributed by atoms with Gasteiger partial charge in [0.05, 0.1) is 16.5 Å². The van der Waals surface area contributed by atoms with Gasteiger partial charge in [0.25, 0.3) is 0 Å². The van der Waals surface area contributed by atoms with Crippen molar-refractivity contribution in [2.45, 2.75) is 18.0 Å². The summed E-state index contributed by atoms with van der Waals surface area (Å²) in [5.74, 6) is 0. The fraction of sp³-hybridized carbons (Fsp3) is 0.364. The van der Waals surface area contributed by atoms with Crippen molar-refractivity contribution in [3.8, 4) is 6.07 Å². The van der Waals surface area contributed by atoms with Gasteiger partial charge in [-0.15, -0.1) is 0 Å². The van der Waals surface area contributed by atoms with E-state index in [2.05, 4.69) is 0 Å². The molecule has 1 rings (SSSR count). The maximum atomic E-state index is 12.7. The average Bonchev–Trinajstić information content (AvgIpc) is 2.27. The summed E-state index contributed by atoms with van der Waals surface area (Å²) in [6.45, 7) is 0.661. The van der Waals surface area contributed by atoms with Crippen molar-refractivity contribution in [2.24, 2.45) is 0 Å². The first kappa shape index (κ1) is 15.5. The van der Waals surface area contributed by atoms with E-state index in [-0.39, 0.29) is 5.56 Å². The van der Waals surface area contributed by atoms with Gasteiger partial charge >= 0.3 is 6.18 Å². The van der Waals surface area contributed by atoms with Crippen LogP contribution < -0.4 is 0 Å². The largest absolute Gasteiger partial charge is 0.416 e. The van der Waals surface area contributed by atoms with Crippen LogP contribution in [0.3, 0.4) is 0 Å². The molecule has 104 valence electrons. The third-order valence-corrected chi connectivity index (χ3v) is 4.52. The SMILES string of the molecule is Cc1c(C(F)(F)F)cccc1S(=O)(=O)N(C)CC#N. The number of hydrogen-bond acceptors (Lipinski definition) is 3. The van der Waals surface area contributed by atoms with E-state index in [1.165, 1.54) is 0 Å². The van der Waals surface area contributed by atoms with Crippen LogP contribution in [0.2, 0.25) is 0 Å². The molecule has 0 atom stereocenters. The number of nitrogens with zero attached hydrogens (tertiary/aromatic N) is 2. The minimum Gasteiger partial charge on any atom is -0.207 e. The van der Waals surface area contributed by atoms with E-state index in [4.69, 9.17) is 5.26 Å². The highest BCUT2D eigenvalue weighted by molar-refractivity contribution is 7.89. The van der Waals surface area contributed by atoms with Crippen molar-refractivity contribution in [3.05, 3.63) is 29.3 Å². The van der Waals surface area contributed by atoms with Crippen molar-refractivity contribution in [1.82, 2.24) is 4.31 Å². The molecule has 4 nitrogen and oxygen atoms in total. The lowest BCUT2D eigenvalue weighted by molar-refractivity contribution is -0.138. The predicted octanol–water partition coefficient (Wildman–Crippen LogP) is 2.16.